The lowest BCUT2D eigenvalue weighted by atomic mass is 9.95. The van der Waals surface area contributed by atoms with Crippen LogP contribution in [-0.4, -0.2) is 216 Å². The van der Waals surface area contributed by atoms with Crippen LogP contribution in [0.4, 0.5) is 0 Å². The van der Waals surface area contributed by atoms with Crippen molar-refractivity contribution in [1.29, 1.82) is 0 Å². The Morgan fingerprint density at radius 2 is 1.18 bits per heavy atom. The quantitative estimate of drug-likeness (QED) is 0.0333. The SMILES string of the molecule is C/C=C1\NC(=O)[C@H](Cc2ccccc2)NC(=O)[C@@H](C(C)C)NC(=O)[C@@H]([C@H](C)CC)NC(=O)[C@H](NC(=O)[C@H](NC(=O)[C@H](CCCN)NC(=O)[C@H]2CCCN2C(=O)[C@H](NC(=O)[C@@H](NC(=O)[C@@H](NC(=O)[C@H](NC(=O)CCCN(C)C)C(C)C)[C@@H](C)O)C(C)C)C(C)C)[C@H](C)CC)[C@H](C)OC(=O)[C@H](C(C)C)NC1=O. The Labute approximate surface area is 619 Å². The van der Waals surface area contributed by atoms with Gasteiger partial charge in [0.15, 0.2) is 0 Å². The average Bonchev–Trinajstić information content (AvgIpc) is 1.79. The molecule has 0 saturated carbocycles. The van der Waals surface area contributed by atoms with E-state index in [9.17, 15) is 62.6 Å². The number of aliphatic hydroxyl groups is 1. The molecule has 2 saturated heterocycles. The van der Waals surface area contributed by atoms with E-state index < -0.39 is 203 Å². The third-order valence-corrected chi connectivity index (χ3v) is 19.1. The first-order valence-electron chi connectivity index (χ1n) is 37.1. The van der Waals surface area contributed by atoms with Gasteiger partial charge in [0.2, 0.25) is 70.9 Å². The number of benzene rings is 1. The lowest BCUT2D eigenvalue weighted by molar-refractivity contribution is -0.157. The highest BCUT2D eigenvalue weighted by molar-refractivity contribution is 6.03. The number of likely N-dealkylation sites (tertiary alicyclic amines) is 1. The first kappa shape index (κ1) is 90.6. The number of aliphatic hydroxyl groups excluding tert-OH is 1. The minimum absolute atomic E-state index is 0.0359. The average molecular weight is 1480 g/mol. The van der Waals surface area contributed by atoms with E-state index in [1.54, 1.807) is 127 Å². The first-order chi connectivity index (χ1) is 49.2. The number of carbonyl (C=O) groups excluding carboxylic acids is 14. The fourth-order valence-electron chi connectivity index (χ4n) is 12.0. The summed E-state index contributed by atoms with van der Waals surface area (Å²) < 4.78 is 5.96. The van der Waals surface area contributed by atoms with Gasteiger partial charge in [-0.05, 0) is 127 Å². The minimum Gasteiger partial charge on any atom is -0.458 e. The number of rotatable bonds is 33. The van der Waals surface area contributed by atoms with Gasteiger partial charge in [0, 0.05) is 19.4 Å². The van der Waals surface area contributed by atoms with Crippen LogP contribution in [0.1, 0.15) is 175 Å². The number of ether oxygens (including phenoxy) is 1. The molecule has 105 heavy (non-hydrogen) atoms. The lowest BCUT2D eigenvalue weighted by Gasteiger charge is -2.33. The largest absolute Gasteiger partial charge is 0.458 e. The Morgan fingerprint density at radius 3 is 1.71 bits per heavy atom. The molecule has 15 N–H and O–H groups in total. The zero-order chi connectivity index (χ0) is 79.4. The van der Waals surface area contributed by atoms with Crippen LogP contribution in [0, 0.1) is 41.4 Å². The monoisotopic (exact) mass is 1480 g/mol. The van der Waals surface area contributed by atoms with E-state index in [0.717, 1.165) is 0 Å². The van der Waals surface area contributed by atoms with Gasteiger partial charge >= 0.3 is 5.97 Å². The van der Waals surface area contributed by atoms with E-state index in [0.29, 0.717) is 31.4 Å². The molecule has 16 atom stereocenters. The Balaban J connectivity index is 2.00. The van der Waals surface area contributed by atoms with Gasteiger partial charge in [-0.3, -0.25) is 62.3 Å². The van der Waals surface area contributed by atoms with E-state index in [2.05, 4.69) is 63.8 Å². The second-order valence-corrected chi connectivity index (χ2v) is 29.8. The molecule has 0 radical (unpaired) electrons. The fourth-order valence-corrected chi connectivity index (χ4v) is 12.0. The summed E-state index contributed by atoms with van der Waals surface area (Å²) in [7, 11) is 3.74. The van der Waals surface area contributed by atoms with E-state index in [1.165, 1.54) is 31.7 Å². The van der Waals surface area contributed by atoms with Crippen molar-refractivity contribution in [1.82, 2.24) is 73.6 Å². The highest BCUT2D eigenvalue weighted by Gasteiger charge is 2.44. The summed E-state index contributed by atoms with van der Waals surface area (Å²) in [5.74, 6) is -15.6. The van der Waals surface area contributed by atoms with Crippen LogP contribution in [0.25, 0.3) is 0 Å². The lowest BCUT2D eigenvalue weighted by Crippen LogP contribution is -2.64. The first-order valence-corrected chi connectivity index (χ1v) is 37.1. The normalized spacial score (nSPS) is 22.6. The van der Waals surface area contributed by atoms with Crippen molar-refractivity contribution in [3.63, 3.8) is 0 Å². The van der Waals surface area contributed by atoms with Crippen LogP contribution in [0.5, 0.6) is 0 Å². The van der Waals surface area contributed by atoms with Crippen molar-refractivity contribution >= 4 is 82.8 Å². The molecule has 1 aromatic carbocycles. The summed E-state index contributed by atoms with van der Waals surface area (Å²) in [6.07, 6.45) is 0.0837. The number of allylic oxidation sites excluding steroid dienone is 1. The topological polar surface area (TPSA) is 445 Å². The van der Waals surface area contributed by atoms with Crippen molar-refractivity contribution in [2.75, 3.05) is 33.7 Å². The van der Waals surface area contributed by atoms with E-state index in [-0.39, 0.29) is 63.2 Å². The summed E-state index contributed by atoms with van der Waals surface area (Å²) in [6, 6.07) is -7.70. The fraction of sp³-hybridized carbons (Fsp3) is 0.703. The van der Waals surface area contributed by atoms with Gasteiger partial charge < -0.3 is 89.2 Å². The third-order valence-electron chi connectivity index (χ3n) is 19.1. The molecule has 0 bridgehead atoms. The molecule has 0 spiro atoms. The highest BCUT2D eigenvalue weighted by Crippen LogP contribution is 2.23. The summed E-state index contributed by atoms with van der Waals surface area (Å²) in [6.45, 7) is 28.3. The number of esters is 1. The molecular formula is C74H123N15O16. The third kappa shape index (κ3) is 27.7. The maximum absolute atomic E-state index is 15.0. The van der Waals surface area contributed by atoms with Crippen LogP contribution in [0.3, 0.4) is 0 Å². The molecule has 0 unspecified atom stereocenters. The summed E-state index contributed by atoms with van der Waals surface area (Å²) >= 11 is 0. The van der Waals surface area contributed by atoms with Crippen LogP contribution in [-0.2, 0) is 78.3 Å². The number of nitrogens with one attached hydrogen (secondary N) is 12. The summed E-state index contributed by atoms with van der Waals surface area (Å²) in [5, 5.41) is 43.1. The van der Waals surface area contributed by atoms with Crippen molar-refractivity contribution in [2.24, 2.45) is 47.2 Å². The second-order valence-electron chi connectivity index (χ2n) is 29.8. The number of nitrogens with zero attached hydrogens (tertiary/aromatic N) is 2. The number of hydrogen-bond donors (Lipinski definition) is 14. The second kappa shape index (κ2) is 43.8. The molecule has 590 valence electrons. The Bertz CT molecular complexity index is 3160. The van der Waals surface area contributed by atoms with Crippen molar-refractivity contribution in [3.05, 3.63) is 47.7 Å². The Hall–Kier alpha value is -8.58. The van der Waals surface area contributed by atoms with Crippen LogP contribution in [0.2, 0.25) is 0 Å². The molecular weight excluding hydrogens is 1350 g/mol. The smallest absolute Gasteiger partial charge is 0.329 e. The van der Waals surface area contributed by atoms with Crippen LogP contribution in [0.15, 0.2) is 42.1 Å². The predicted octanol–water partition coefficient (Wildman–Crippen LogP) is 0.352. The summed E-state index contributed by atoms with van der Waals surface area (Å²) in [4.78, 5) is 204. The predicted molar refractivity (Wildman–Crippen MR) is 394 cm³/mol. The van der Waals surface area contributed by atoms with E-state index in [4.69, 9.17) is 10.5 Å². The highest BCUT2D eigenvalue weighted by atomic mass is 16.5. The Kier molecular flexibility index (Phi) is 37.8. The van der Waals surface area contributed by atoms with Gasteiger partial charge in [-0.1, -0.05) is 146 Å². The molecule has 0 aromatic heterocycles. The Morgan fingerprint density at radius 1 is 0.638 bits per heavy atom. The molecule has 13 amide bonds. The zero-order valence-electron chi connectivity index (χ0n) is 65.1. The number of cyclic esters (lactones) is 1. The van der Waals surface area contributed by atoms with Crippen LogP contribution < -0.4 is 69.5 Å². The van der Waals surface area contributed by atoms with Gasteiger partial charge in [0.25, 0.3) is 5.91 Å². The van der Waals surface area contributed by atoms with Gasteiger partial charge in [-0.25, -0.2) is 4.79 Å². The van der Waals surface area contributed by atoms with Crippen molar-refractivity contribution in [3.8, 4) is 0 Å². The van der Waals surface area contributed by atoms with Crippen molar-refractivity contribution < 1.29 is 77.0 Å². The number of hydrogen-bond acceptors (Lipinski definition) is 18. The van der Waals surface area contributed by atoms with Crippen molar-refractivity contribution in [2.45, 2.75) is 260 Å². The van der Waals surface area contributed by atoms with E-state index in [1.807, 2.05) is 19.0 Å². The molecule has 3 rings (SSSR count). The number of amides is 13. The molecule has 2 fully saturated rings. The molecule has 2 heterocycles. The molecule has 2 aliphatic rings. The molecule has 0 aliphatic carbocycles. The molecule has 31 nitrogen and oxygen atoms in total. The number of carbonyl (C=O) groups is 14. The van der Waals surface area contributed by atoms with Gasteiger partial charge in [0.1, 0.15) is 84.3 Å². The summed E-state index contributed by atoms with van der Waals surface area (Å²) in [5.41, 5.74) is 6.34. The zero-order valence-corrected chi connectivity index (χ0v) is 65.1. The molecule has 1 aromatic rings. The van der Waals surface area contributed by atoms with E-state index >= 15 is 9.59 Å². The molecule has 2 aliphatic heterocycles. The minimum atomic E-state index is -1.83. The standard InChI is InChI=1S/C74H123N15O16/c1-20-43(14)58(70(100)87-61-46(17)105-74(104)57(42(12)13)83-62(92)48(22-3)76-64(94)50(37-47-29-24-23-25-30-47)78-66(96)54(39(6)7)80-69(99)59(44(15)21-2)85-72(61)102)84-63(93)49(31-26-34-75)77-65(95)51-32-27-36-89(51)73(103)56(41(10)11)82-68(98)55(40(8)9)81-71(101)60(45(16)90)86-67(97)53(38(4)5)79-52(91)33-28-35-88(18)19/h22-25,29-30,38-46,49-51,53-61,90H,20-21,26-28,31-37,75H2,1-19H3,(H,76,94)(H,77,95)(H,78,96)(H,79,91)(H,80,99)(H,81,101)(H,82,98)(H,83,92)(H,84,93)(H,85,102)(H,86,97)(H,87,100)/b48-22-/t43-,44-,45-,46+,49+,50+,51-,53-,54-,55+,56-,57+,58-,59-,60+,61-/m1/s1. The maximum atomic E-state index is 15.0. The van der Waals surface area contributed by atoms with Crippen LogP contribution >= 0.6 is 0 Å². The van der Waals surface area contributed by atoms with Gasteiger partial charge in [0.05, 0.1) is 6.10 Å². The number of nitrogens with two attached hydrogens (primary N) is 1. The molecule has 31 heteroatoms. The van der Waals surface area contributed by atoms with Gasteiger partial charge in [-0.15, -0.1) is 0 Å². The van der Waals surface area contributed by atoms with Gasteiger partial charge in [-0.2, -0.15) is 0 Å². The maximum Gasteiger partial charge on any atom is 0.329 e.